The summed E-state index contributed by atoms with van der Waals surface area (Å²) in [6.45, 7) is 0.152. The molecule has 1 aromatic heterocycles. The average Bonchev–Trinajstić information content (AvgIpc) is 2.53. The van der Waals surface area contributed by atoms with E-state index in [9.17, 15) is 4.79 Å². The Balaban J connectivity index is 2.08. The number of nitrogen functional groups attached to an aromatic ring is 1. The number of hydrazine groups is 1. The first kappa shape index (κ1) is 15.0. The molecule has 0 fully saturated rings. The van der Waals surface area contributed by atoms with Gasteiger partial charge in [-0.25, -0.2) is 10.8 Å². The summed E-state index contributed by atoms with van der Waals surface area (Å²) in [5.41, 5.74) is 4.45. The number of carbonyl (C=O) groups is 1. The lowest BCUT2D eigenvalue weighted by atomic mass is 10.1. The number of hydrogen-bond donors (Lipinski definition) is 4. The molecule has 0 aliphatic rings. The molecule has 0 unspecified atom stereocenters. The Labute approximate surface area is 123 Å². The van der Waals surface area contributed by atoms with Gasteiger partial charge in [0, 0.05) is 12.3 Å². The van der Waals surface area contributed by atoms with E-state index >= 15 is 0 Å². The van der Waals surface area contributed by atoms with Crippen LogP contribution in [0.4, 0.5) is 11.5 Å². The first-order chi connectivity index (χ1) is 10.2. The van der Waals surface area contributed by atoms with Crippen molar-refractivity contribution in [3.8, 4) is 0 Å². The monoisotopic (exact) mass is 286 g/mol. The highest BCUT2D eigenvalue weighted by molar-refractivity contribution is 6.03. The fourth-order valence-electron chi connectivity index (χ4n) is 1.92. The zero-order valence-corrected chi connectivity index (χ0v) is 11.5. The molecule has 0 aliphatic carbocycles. The largest absolute Gasteiger partial charge is 0.396 e. The molecule has 5 N–H and O–H groups in total. The van der Waals surface area contributed by atoms with Gasteiger partial charge in [-0.2, -0.15) is 0 Å². The molecular weight excluding hydrogens is 268 g/mol. The van der Waals surface area contributed by atoms with E-state index in [0.29, 0.717) is 17.9 Å². The molecule has 1 amide bonds. The summed E-state index contributed by atoms with van der Waals surface area (Å²) in [6.07, 6.45) is 1.47. The molecule has 1 aromatic carbocycles. The summed E-state index contributed by atoms with van der Waals surface area (Å²) < 4.78 is 0. The predicted octanol–water partition coefficient (Wildman–Crippen LogP) is 1.54. The molecule has 2 rings (SSSR count). The molecule has 0 radical (unpaired) electrons. The quantitative estimate of drug-likeness (QED) is 0.477. The van der Waals surface area contributed by atoms with Crippen molar-refractivity contribution in [2.75, 3.05) is 17.3 Å². The van der Waals surface area contributed by atoms with Gasteiger partial charge in [-0.05, 0) is 42.7 Å². The molecule has 0 aliphatic heterocycles. The summed E-state index contributed by atoms with van der Waals surface area (Å²) in [5.74, 6) is 5.40. The molecule has 0 saturated heterocycles. The Kier molecular flexibility index (Phi) is 5.25. The zero-order chi connectivity index (χ0) is 15.1. The van der Waals surface area contributed by atoms with Crippen LogP contribution >= 0.6 is 0 Å². The Morgan fingerprint density at radius 2 is 2.05 bits per heavy atom. The highest BCUT2D eigenvalue weighted by Crippen LogP contribution is 2.13. The van der Waals surface area contributed by atoms with Crippen molar-refractivity contribution in [2.24, 2.45) is 5.84 Å². The van der Waals surface area contributed by atoms with E-state index in [2.05, 4.69) is 15.7 Å². The second kappa shape index (κ2) is 7.37. The van der Waals surface area contributed by atoms with Crippen molar-refractivity contribution < 1.29 is 9.90 Å². The summed E-state index contributed by atoms with van der Waals surface area (Å²) in [7, 11) is 0. The molecule has 0 spiro atoms. The molecular formula is C15H18N4O2. The first-order valence-electron chi connectivity index (χ1n) is 6.68. The minimum atomic E-state index is -0.300. The third kappa shape index (κ3) is 4.27. The van der Waals surface area contributed by atoms with Crippen molar-refractivity contribution in [1.29, 1.82) is 0 Å². The van der Waals surface area contributed by atoms with E-state index in [1.807, 2.05) is 24.3 Å². The van der Waals surface area contributed by atoms with E-state index in [1.165, 1.54) is 0 Å². The summed E-state index contributed by atoms with van der Waals surface area (Å²) in [6, 6.07) is 12.5. The van der Waals surface area contributed by atoms with Gasteiger partial charge in [0.25, 0.3) is 5.91 Å². The molecule has 1 heterocycles. The lowest BCUT2D eigenvalue weighted by Gasteiger charge is -2.08. The van der Waals surface area contributed by atoms with Gasteiger partial charge in [0.1, 0.15) is 11.5 Å². The van der Waals surface area contributed by atoms with Crippen molar-refractivity contribution in [1.82, 2.24) is 4.98 Å². The molecule has 0 bridgehead atoms. The minimum absolute atomic E-state index is 0.152. The smallest absolute Gasteiger partial charge is 0.274 e. The highest BCUT2D eigenvalue weighted by atomic mass is 16.2. The number of aliphatic hydroxyl groups is 1. The number of aliphatic hydroxyl groups excluding tert-OH is 1. The fourth-order valence-corrected chi connectivity index (χ4v) is 1.92. The number of anilines is 2. The maximum Gasteiger partial charge on any atom is 0.274 e. The number of pyridine rings is 1. The lowest BCUT2D eigenvalue weighted by molar-refractivity contribution is 0.102. The standard InChI is InChI=1S/C15H18N4O2/c16-19-14-8-2-7-13(18-14)15(21)17-12-6-1-4-11(10-12)5-3-9-20/h1-2,4,6-8,10,20H,3,5,9,16H2,(H,17,21)(H,18,19). The van der Waals surface area contributed by atoms with E-state index in [4.69, 9.17) is 10.9 Å². The Bertz CT molecular complexity index is 616. The molecule has 2 aromatic rings. The topological polar surface area (TPSA) is 100 Å². The molecule has 0 atom stereocenters. The molecule has 0 saturated carbocycles. The third-order valence-corrected chi connectivity index (χ3v) is 2.94. The number of nitrogens with one attached hydrogen (secondary N) is 2. The van der Waals surface area contributed by atoms with Gasteiger partial charge in [0.2, 0.25) is 0 Å². The third-order valence-electron chi connectivity index (χ3n) is 2.94. The number of nitrogens with zero attached hydrogens (tertiary/aromatic N) is 1. The van der Waals surface area contributed by atoms with Gasteiger partial charge in [-0.1, -0.05) is 18.2 Å². The number of nitrogens with two attached hydrogens (primary N) is 1. The van der Waals surface area contributed by atoms with Crippen molar-refractivity contribution in [3.63, 3.8) is 0 Å². The molecule has 6 heteroatoms. The Morgan fingerprint density at radius 1 is 1.24 bits per heavy atom. The zero-order valence-electron chi connectivity index (χ0n) is 11.5. The van der Waals surface area contributed by atoms with E-state index in [1.54, 1.807) is 18.2 Å². The average molecular weight is 286 g/mol. The maximum absolute atomic E-state index is 12.1. The first-order valence-corrected chi connectivity index (χ1v) is 6.68. The van der Waals surface area contributed by atoms with Crippen LogP contribution in [0.25, 0.3) is 0 Å². The number of aromatic nitrogens is 1. The van der Waals surface area contributed by atoms with Crippen LogP contribution < -0.4 is 16.6 Å². The lowest BCUT2D eigenvalue weighted by Crippen LogP contribution is -2.16. The van der Waals surface area contributed by atoms with Crippen LogP contribution in [0, 0.1) is 0 Å². The van der Waals surface area contributed by atoms with Gasteiger partial charge in [-0.3, -0.25) is 4.79 Å². The van der Waals surface area contributed by atoms with Crippen LogP contribution in [0.3, 0.4) is 0 Å². The molecule has 110 valence electrons. The van der Waals surface area contributed by atoms with Crippen LogP contribution in [0.5, 0.6) is 0 Å². The van der Waals surface area contributed by atoms with Gasteiger partial charge >= 0.3 is 0 Å². The van der Waals surface area contributed by atoms with E-state index in [-0.39, 0.29) is 18.2 Å². The van der Waals surface area contributed by atoms with Gasteiger partial charge < -0.3 is 15.8 Å². The summed E-state index contributed by atoms with van der Waals surface area (Å²) >= 11 is 0. The molecule has 6 nitrogen and oxygen atoms in total. The van der Waals surface area contributed by atoms with E-state index < -0.39 is 0 Å². The summed E-state index contributed by atoms with van der Waals surface area (Å²) in [5, 5.41) is 11.6. The number of benzene rings is 1. The Hall–Kier alpha value is -2.44. The van der Waals surface area contributed by atoms with Gasteiger partial charge in [0.05, 0.1) is 0 Å². The number of rotatable bonds is 6. The maximum atomic E-state index is 12.1. The second-order valence-corrected chi connectivity index (χ2v) is 4.53. The SMILES string of the molecule is NNc1cccc(C(=O)Nc2cccc(CCCO)c2)n1. The van der Waals surface area contributed by atoms with Crippen molar-refractivity contribution >= 4 is 17.4 Å². The van der Waals surface area contributed by atoms with Crippen molar-refractivity contribution in [2.45, 2.75) is 12.8 Å². The number of aryl methyl sites for hydroxylation is 1. The minimum Gasteiger partial charge on any atom is -0.396 e. The van der Waals surface area contributed by atoms with Gasteiger partial charge in [-0.15, -0.1) is 0 Å². The molecule has 21 heavy (non-hydrogen) atoms. The Morgan fingerprint density at radius 3 is 2.81 bits per heavy atom. The van der Waals surface area contributed by atoms with Crippen LogP contribution in [-0.2, 0) is 6.42 Å². The second-order valence-electron chi connectivity index (χ2n) is 4.53. The predicted molar refractivity (Wildman–Crippen MR) is 81.8 cm³/mol. The van der Waals surface area contributed by atoms with Crippen LogP contribution in [0.15, 0.2) is 42.5 Å². The normalized spacial score (nSPS) is 10.2. The summed E-state index contributed by atoms with van der Waals surface area (Å²) in [4.78, 5) is 16.2. The van der Waals surface area contributed by atoms with E-state index in [0.717, 1.165) is 12.0 Å². The number of hydrogen-bond acceptors (Lipinski definition) is 5. The number of amides is 1. The van der Waals surface area contributed by atoms with Crippen LogP contribution in [0.1, 0.15) is 22.5 Å². The van der Waals surface area contributed by atoms with Crippen molar-refractivity contribution in [3.05, 3.63) is 53.7 Å². The van der Waals surface area contributed by atoms with Gasteiger partial charge in [0.15, 0.2) is 0 Å². The van der Waals surface area contributed by atoms with Crippen LogP contribution in [-0.4, -0.2) is 22.6 Å². The fraction of sp³-hybridized carbons (Fsp3) is 0.200. The number of carbonyl (C=O) groups excluding carboxylic acids is 1. The highest BCUT2D eigenvalue weighted by Gasteiger charge is 2.08. The van der Waals surface area contributed by atoms with Crippen LogP contribution in [0.2, 0.25) is 0 Å².